The molecular formula is C11H14N2O3. The first-order valence-electron chi connectivity index (χ1n) is 5.26. The van der Waals surface area contributed by atoms with Gasteiger partial charge in [0, 0.05) is 19.0 Å². The van der Waals surface area contributed by atoms with Crippen molar-refractivity contribution < 1.29 is 14.3 Å². The number of aromatic nitrogens is 1. The molecule has 0 amide bonds. The molecule has 0 atom stereocenters. The van der Waals surface area contributed by atoms with Crippen LogP contribution in [0.4, 0.5) is 5.82 Å². The summed E-state index contributed by atoms with van der Waals surface area (Å²) in [5.41, 5.74) is 5.93. The Morgan fingerprint density at radius 1 is 1.50 bits per heavy atom. The molecule has 0 saturated carbocycles. The van der Waals surface area contributed by atoms with Crippen LogP contribution in [0.3, 0.4) is 0 Å². The number of pyridine rings is 1. The Labute approximate surface area is 93.6 Å². The second kappa shape index (κ2) is 4.94. The van der Waals surface area contributed by atoms with Gasteiger partial charge in [-0.15, -0.1) is 0 Å². The van der Waals surface area contributed by atoms with Gasteiger partial charge in [0.05, 0.1) is 18.8 Å². The Morgan fingerprint density at radius 3 is 2.94 bits per heavy atom. The van der Waals surface area contributed by atoms with Crippen molar-refractivity contribution in [1.82, 2.24) is 4.98 Å². The minimum absolute atomic E-state index is 0.0457. The van der Waals surface area contributed by atoms with Crippen LogP contribution >= 0.6 is 0 Å². The van der Waals surface area contributed by atoms with Crippen molar-refractivity contribution in [1.29, 1.82) is 0 Å². The first-order valence-corrected chi connectivity index (χ1v) is 5.26. The molecule has 0 radical (unpaired) electrons. The number of rotatable bonds is 2. The Bertz CT molecular complexity index is 375. The van der Waals surface area contributed by atoms with Gasteiger partial charge < -0.3 is 15.2 Å². The van der Waals surface area contributed by atoms with E-state index in [0.29, 0.717) is 24.6 Å². The molecule has 16 heavy (non-hydrogen) atoms. The molecule has 1 saturated heterocycles. The number of hydrogen-bond donors (Lipinski definition) is 1. The van der Waals surface area contributed by atoms with E-state index >= 15 is 0 Å². The lowest BCUT2D eigenvalue weighted by Crippen LogP contribution is -2.26. The second-order valence-electron chi connectivity index (χ2n) is 3.69. The van der Waals surface area contributed by atoms with Gasteiger partial charge in [-0.3, -0.25) is 0 Å². The minimum atomic E-state index is -0.346. The summed E-state index contributed by atoms with van der Waals surface area (Å²) in [4.78, 5) is 15.5. The summed E-state index contributed by atoms with van der Waals surface area (Å²) in [5.74, 6) is -0.0255. The third kappa shape index (κ3) is 2.70. The van der Waals surface area contributed by atoms with Crippen LogP contribution in [-0.4, -0.2) is 30.3 Å². The van der Waals surface area contributed by atoms with Crippen molar-refractivity contribution >= 4 is 11.8 Å². The van der Waals surface area contributed by atoms with Gasteiger partial charge in [0.2, 0.25) is 0 Å². The standard InChI is InChI=1S/C11H14N2O3/c12-10-7-8(1-4-13-10)11(14)16-9-2-5-15-6-3-9/h1,4,7,9H,2-3,5-6H2,(H2,12,13). The molecule has 5 nitrogen and oxygen atoms in total. The lowest BCUT2D eigenvalue weighted by Gasteiger charge is -2.22. The largest absolute Gasteiger partial charge is 0.459 e. The summed E-state index contributed by atoms with van der Waals surface area (Å²) in [6.07, 6.45) is 2.96. The highest BCUT2D eigenvalue weighted by atomic mass is 16.6. The van der Waals surface area contributed by atoms with Crippen LogP contribution in [0.1, 0.15) is 23.2 Å². The zero-order valence-corrected chi connectivity index (χ0v) is 8.89. The number of nitrogens with two attached hydrogens (primary N) is 1. The van der Waals surface area contributed by atoms with Gasteiger partial charge in [-0.2, -0.15) is 0 Å². The molecule has 1 aromatic rings. The van der Waals surface area contributed by atoms with Gasteiger partial charge in [-0.25, -0.2) is 9.78 Å². The molecule has 1 fully saturated rings. The topological polar surface area (TPSA) is 74.4 Å². The fourth-order valence-corrected chi connectivity index (χ4v) is 1.59. The van der Waals surface area contributed by atoms with Crippen LogP contribution in [0.25, 0.3) is 0 Å². The predicted molar refractivity (Wildman–Crippen MR) is 57.9 cm³/mol. The number of esters is 1. The highest BCUT2D eigenvalue weighted by Gasteiger charge is 2.19. The van der Waals surface area contributed by atoms with E-state index < -0.39 is 0 Å². The summed E-state index contributed by atoms with van der Waals surface area (Å²) in [5, 5.41) is 0. The molecule has 2 heterocycles. The van der Waals surface area contributed by atoms with E-state index in [1.807, 2.05) is 0 Å². The molecule has 1 aliphatic heterocycles. The maximum atomic E-state index is 11.7. The number of anilines is 1. The predicted octanol–water partition coefficient (Wildman–Crippen LogP) is 1.000. The summed E-state index contributed by atoms with van der Waals surface area (Å²) in [6, 6.07) is 3.11. The maximum absolute atomic E-state index is 11.7. The first kappa shape index (κ1) is 10.9. The molecular weight excluding hydrogens is 208 g/mol. The molecule has 1 aliphatic rings. The smallest absolute Gasteiger partial charge is 0.338 e. The number of ether oxygens (including phenoxy) is 2. The Kier molecular flexibility index (Phi) is 3.36. The van der Waals surface area contributed by atoms with Crippen LogP contribution in [0, 0.1) is 0 Å². The van der Waals surface area contributed by atoms with Crippen molar-refractivity contribution in [3.8, 4) is 0 Å². The summed E-state index contributed by atoms with van der Waals surface area (Å²) < 4.78 is 10.5. The summed E-state index contributed by atoms with van der Waals surface area (Å²) in [6.45, 7) is 1.30. The Hall–Kier alpha value is -1.62. The number of hydrogen-bond acceptors (Lipinski definition) is 5. The number of nitrogen functional groups attached to an aromatic ring is 1. The average molecular weight is 222 g/mol. The van der Waals surface area contributed by atoms with E-state index in [2.05, 4.69) is 4.98 Å². The van der Waals surface area contributed by atoms with Crippen molar-refractivity contribution in [2.45, 2.75) is 18.9 Å². The van der Waals surface area contributed by atoms with Gasteiger partial charge in [-0.1, -0.05) is 0 Å². The summed E-state index contributed by atoms with van der Waals surface area (Å²) >= 11 is 0. The van der Waals surface area contributed by atoms with E-state index in [9.17, 15) is 4.79 Å². The summed E-state index contributed by atoms with van der Waals surface area (Å²) in [7, 11) is 0. The molecule has 2 rings (SSSR count). The lowest BCUT2D eigenvalue weighted by molar-refractivity contribution is -0.0159. The Balaban J connectivity index is 1.97. The third-order valence-corrected chi connectivity index (χ3v) is 2.46. The van der Waals surface area contributed by atoms with Gasteiger partial charge in [0.15, 0.2) is 0 Å². The van der Waals surface area contributed by atoms with Crippen molar-refractivity contribution in [3.05, 3.63) is 23.9 Å². The van der Waals surface area contributed by atoms with Crippen molar-refractivity contribution in [2.24, 2.45) is 0 Å². The molecule has 2 N–H and O–H groups in total. The number of carbonyl (C=O) groups excluding carboxylic acids is 1. The third-order valence-electron chi connectivity index (χ3n) is 2.46. The molecule has 86 valence electrons. The quantitative estimate of drug-likeness (QED) is 0.755. The van der Waals surface area contributed by atoms with Gasteiger partial charge in [-0.05, 0) is 12.1 Å². The van der Waals surface area contributed by atoms with Crippen LogP contribution in [-0.2, 0) is 9.47 Å². The van der Waals surface area contributed by atoms with Crippen molar-refractivity contribution in [2.75, 3.05) is 18.9 Å². The van der Waals surface area contributed by atoms with Crippen LogP contribution in [0.15, 0.2) is 18.3 Å². The highest BCUT2D eigenvalue weighted by molar-refractivity contribution is 5.90. The monoisotopic (exact) mass is 222 g/mol. The average Bonchev–Trinajstić information content (AvgIpc) is 2.30. The minimum Gasteiger partial charge on any atom is -0.459 e. The molecule has 0 unspecified atom stereocenters. The molecule has 0 bridgehead atoms. The number of carbonyl (C=O) groups is 1. The van der Waals surface area contributed by atoms with Crippen LogP contribution < -0.4 is 5.73 Å². The fourth-order valence-electron chi connectivity index (χ4n) is 1.59. The van der Waals surface area contributed by atoms with Crippen molar-refractivity contribution in [3.63, 3.8) is 0 Å². The van der Waals surface area contributed by atoms with E-state index in [0.717, 1.165) is 12.8 Å². The van der Waals surface area contributed by atoms with Gasteiger partial charge in [0.25, 0.3) is 0 Å². The van der Waals surface area contributed by atoms with E-state index in [4.69, 9.17) is 15.2 Å². The molecule has 0 spiro atoms. The van der Waals surface area contributed by atoms with E-state index in [-0.39, 0.29) is 12.1 Å². The van der Waals surface area contributed by atoms with Gasteiger partial charge in [0.1, 0.15) is 11.9 Å². The second-order valence-corrected chi connectivity index (χ2v) is 3.69. The lowest BCUT2D eigenvalue weighted by atomic mass is 10.1. The SMILES string of the molecule is Nc1cc(C(=O)OC2CCOCC2)ccn1. The number of nitrogens with zero attached hydrogens (tertiary/aromatic N) is 1. The highest BCUT2D eigenvalue weighted by Crippen LogP contribution is 2.13. The normalized spacial score (nSPS) is 17.0. The zero-order chi connectivity index (χ0) is 11.4. The van der Waals surface area contributed by atoms with Gasteiger partial charge >= 0.3 is 5.97 Å². The molecule has 1 aromatic heterocycles. The van der Waals surface area contributed by atoms with E-state index in [1.165, 1.54) is 12.3 Å². The Morgan fingerprint density at radius 2 is 2.25 bits per heavy atom. The molecule has 0 aromatic carbocycles. The van der Waals surface area contributed by atoms with Crippen LogP contribution in [0.5, 0.6) is 0 Å². The maximum Gasteiger partial charge on any atom is 0.338 e. The van der Waals surface area contributed by atoms with Crippen LogP contribution in [0.2, 0.25) is 0 Å². The zero-order valence-electron chi connectivity index (χ0n) is 8.89. The fraction of sp³-hybridized carbons (Fsp3) is 0.455. The molecule has 0 aliphatic carbocycles. The molecule has 5 heteroatoms. The first-order chi connectivity index (χ1) is 7.75. The van der Waals surface area contributed by atoms with E-state index in [1.54, 1.807) is 6.07 Å².